The van der Waals surface area contributed by atoms with Gasteiger partial charge in [0.2, 0.25) is 11.7 Å². The van der Waals surface area contributed by atoms with Gasteiger partial charge in [0, 0.05) is 42.8 Å². The molecule has 0 saturated carbocycles. The second-order valence-electron chi connectivity index (χ2n) is 9.92. The van der Waals surface area contributed by atoms with Crippen molar-refractivity contribution < 1.29 is 19.4 Å². The van der Waals surface area contributed by atoms with Crippen LogP contribution in [0.1, 0.15) is 20.3 Å². The summed E-state index contributed by atoms with van der Waals surface area (Å²) in [7, 11) is 1.54. The molecule has 1 saturated heterocycles. The number of aliphatic imine (C=N–C) groups is 1. The molecule has 0 bridgehead atoms. The number of aromatic nitrogens is 2. The van der Waals surface area contributed by atoms with E-state index in [4.69, 9.17) is 15.5 Å². The number of piperidine rings is 1. The first-order chi connectivity index (χ1) is 19.2. The van der Waals surface area contributed by atoms with Crippen molar-refractivity contribution in [2.75, 3.05) is 37.4 Å². The Labute approximate surface area is 235 Å². The van der Waals surface area contributed by atoms with Gasteiger partial charge in [0.1, 0.15) is 0 Å². The number of rotatable bonds is 7. The monoisotopic (exact) mass is 564 g/mol. The van der Waals surface area contributed by atoms with E-state index in [1.165, 1.54) is 18.4 Å². The largest absolute Gasteiger partial charge is 0.481 e. The summed E-state index contributed by atoms with van der Waals surface area (Å²) in [4.78, 5) is 41.6. The van der Waals surface area contributed by atoms with E-state index in [1.54, 1.807) is 48.0 Å². The number of thiazole rings is 1. The third-order valence-electron chi connectivity index (χ3n) is 7.57. The fourth-order valence-electron chi connectivity index (χ4n) is 5.44. The molecule has 0 spiro atoms. The molecule has 4 heterocycles. The molecule has 12 nitrogen and oxygen atoms in total. The van der Waals surface area contributed by atoms with E-state index in [0.29, 0.717) is 54.5 Å². The second kappa shape index (κ2) is 10.7. The number of ether oxygens (including phenoxy) is 1. The fraction of sp³-hybridized carbons (Fsp3) is 0.370. The zero-order valence-corrected chi connectivity index (χ0v) is 23.3. The second-order valence-corrected chi connectivity index (χ2v) is 10.8. The van der Waals surface area contributed by atoms with Crippen molar-refractivity contribution in [1.29, 1.82) is 0 Å². The summed E-state index contributed by atoms with van der Waals surface area (Å²) in [5.41, 5.74) is 9.95. The number of amides is 2. The number of carbonyl (C=O) groups is 2. The number of carboxylic acids is 1. The molecule has 5 rings (SSSR count). The molecular weight excluding hydrogens is 532 g/mol. The Bertz CT molecular complexity index is 1510. The standard InChI is InChI=1S/C27H32N8O4S/c1-4-30-25(38)34-27(20-14-29-10-8-26(20,2)24(36)37)32-9-5-11-35(27)16-12-17(23-19(13-16)31-15-40-23)22-18(28)6-7-21(33-22)39-3/h5-7,9,11-13,15,20,29H,4,8,10,14,28H2,1-3H3,(H,36,37)(H2,30,34,38). The van der Waals surface area contributed by atoms with Gasteiger partial charge in [-0.05, 0) is 51.1 Å². The number of fused-ring (bicyclic) bond motifs is 1. The summed E-state index contributed by atoms with van der Waals surface area (Å²) in [5.74, 6) is -2.69. The minimum atomic E-state index is -1.48. The van der Waals surface area contributed by atoms with Gasteiger partial charge in [-0.3, -0.25) is 10.1 Å². The van der Waals surface area contributed by atoms with E-state index < -0.39 is 29.1 Å². The number of carboxylic acid groups (broad SMARTS) is 1. The zero-order valence-electron chi connectivity index (χ0n) is 22.5. The maximum Gasteiger partial charge on any atom is 0.318 e. The first-order valence-corrected chi connectivity index (χ1v) is 13.8. The van der Waals surface area contributed by atoms with Crippen molar-refractivity contribution in [3.63, 3.8) is 0 Å². The highest BCUT2D eigenvalue weighted by atomic mass is 32.1. The minimum absolute atomic E-state index is 0.313. The third kappa shape index (κ3) is 4.60. The quantitative estimate of drug-likeness (QED) is 0.290. The third-order valence-corrected chi connectivity index (χ3v) is 8.44. The Kier molecular flexibility index (Phi) is 7.34. The number of pyridine rings is 1. The number of hydrogen-bond acceptors (Lipinski definition) is 10. The number of allylic oxidation sites excluding steroid dienone is 1. The predicted molar refractivity (Wildman–Crippen MR) is 156 cm³/mol. The molecule has 1 aromatic carbocycles. The number of nitrogens with two attached hydrogens (primary N) is 1. The summed E-state index contributed by atoms with van der Waals surface area (Å²) in [6.07, 6.45) is 5.48. The van der Waals surface area contributed by atoms with E-state index >= 15 is 0 Å². The lowest BCUT2D eigenvalue weighted by Gasteiger charge is -2.52. The number of aliphatic carboxylic acids is 1. The summed E-state index contributed by atoms with van der Waals surface area (Å²) in [6, 6.07) is 6.76. The van der Waals surface area contributed by atoms with Crippen LogP contribution in [0.25, 0.3) is 21.5 Å². The molecule has 0 aliphatic carbocycles. The van der Waals surface area contributed by atoms with Gasteiger partial charge in [-0.1, -0.05) is 0 Å². The molecule has 210 valence electrons. The number of nitrogens with zero attached hydrogens (tertiary/aromatic N) is 4. The Morgan fingerprint density at radius 2 is 2.17 bits per heavy atom. The van der Waals surface area contributed by atoms with E-state index in [0.717, 1.165) is 10.3 Å². The Balaban J connectivity index is 1.73. The Morgan fingerprint density at radius 1 is 1.35 bits per heavy atom. The normalized spacial score (nSPS) is 24.2. The van der Waals surface area contributed by atoms with Gasteiger partial charge in [0.05, 0.1) is 45.6 Å². The molecule has 13 heteroatoms. The molecule has 3 atom stereocenters. The van der Waals surface area contributed by atoms with Crippen molar-refractivity contribution in [2.45, 2.75) is 26.1 Å². The van der Waals surface area contributed by atoms with Gasteiger partial charge >= 0.3 is 12.0 Å². The number of anilines is 2. The smallest absolute Gasteiger partial charge is 0.318 e. The van der Waals surface area contributed by atoms with Crippen LogP contribution in [-0.4, -0.2) is 65.8 Å². The van der Waals surface area contributed by atoms with Gasteiger partial charge in [-0.25, -0.2) is 19.8 Å². The molecule has 6 N–H and O–H groups in total. The highest BCUT2D eigenvalue weighted by molar-refractivity contribution is 7.17. The molecule has 2 aromatic heterocycles. The molecule has 2 aliphatic rings. The molecule has 2 amide bonds. The first-order valence-electron chi connectivity index (χ1n) is 12.9. The highest BCUT2D eigenvalue weighted by Gasteiger charge is 2.57. The number of benzene rings is 1. The summed E-state index contributed by atoms with van der Waals surface area (Å²) >= 11 is 1.45. The van der Waals surface area contributed by atoms with Crippen LogP contribution >= 0.6 is 11.3 Å². The van der Waals surface area contributed by atoms with E-state index in [2.05, 4.69) is 25.9 Å². The summed E-state index contributed by atoms with van der Waals surface area (Å²) in [5, 5.41) is 19.5. The number of nitrogens with one attached hydrogen (secondary N) is 3. The van der Waals surface area contributed by atoms with Gasteiger partial charge < -0.3 is 31.1 Å². The van der Waals surface area contributed by atoms with Gasteiger partial charge in [-0.15, -0.1) is 11.3 Å². The minimum Gasteiger partial charge on any atom is -0.481 e. The Hall–Kier alpha value is -4.23. The number of nitrogen functional groups attached to an aromatic ring is 1. The summed E-state index contributed by atoms with van der Waals surface area (Å²) < 4.78 is 6.23. The lowest BCUT2D eigenvalue weighted by atomic mass is 9.68. The topological polar surface area (TPSA) is 167 Å². The number of hydrogen-bond donors (Lipinski definition) is 5. The first kappa shape index (κ1) is 27.3. The highest BCUT2D eigenvalue weighted by Crippen LogP contribution is 2.46. The van der Waals surface area contributed by atoms with Gasteiger partial charge in [0.15, 0.2) is 0 Å². The molecule has 40 heavy (non-hydrogen) atoms. The van der Waals surface area contributed by atoms with Crippen molar-refractivity contribution >= 4 is 51.1 Å². The molecular formula is C27H32N8O4S. The van der Waals surface area contributed by atoms with E-state index in [1.807, 2.05) is 19.1 Å². The van der Waals surface area contributed by atoms with Crippen LogP contribution in [0.2, 0.25) is 0 Å². The van der Waals surface area contributed by atoms with Crippen LogP contribution in [0, 0.1) is 11.3 Å². The van der Waals surface area contributed by atoms with Crippen LogP contribution in [0.4, 0.5) is 16.2 Å². The molecule has 0 radical (unpaired) electrons. The molecule has 3 unspecified atom stereocenters. The van der Waals surface area contributed by atoms with Crippen LogP contribution in [0.15, 0.2) is 47.0 Å². The molecule has 3 aromatic rings. The van der Waals surface area contributed by atoms with Crippen molar-refractivity contribution in [2.24, 2.45) is 16.3 Å². The SMILES string of the molecule is CCNC(=O)NC1(C2CNCCC2(C)C(=O)O)N=CC=CN1c1cc(-c2nc(OC)ccc2N)c2scnc2c1. The maximum absolute atomic E-state index is 13.1. The van der Waals surface area contributed by atoms with E-state index in [9.17, 15) is 14.7 Å². The van der Waals surface area contributed by atoms with Crippen molar-refractivity contribution in [3.8, 4) is 17.1 Å². The number of urea groups is 1. The average Bonchev–Trinajstić information content (AvgIpc) is 3.42. The fourth-order valence-corrected chi connectivity index (χ4v) is 6.22. The number of carbonyl (C=O) groups excluding carboxylic acids is 1. The van der Waals surface area contributed by atoms with Crippen molar-refractivity contribution in [3.05, 3.63) is 42.1 Å². The molecule has 2 aliphatic heterocycles. The average molecular weight is 565 g/mol. The maximum atomic E-state index is 13.1. The Morgan fingerprint density at radius 3 is 2.92 bits per heavy atom. The van der Waals surface area contributed by atoms with Crippen LogP contribution in [-0.2, 0) is 4.79 Å². The summed E-state index contributed by atoms with van der Waals surface area (Å²) in [6.45, 7) is 4.75. The molecule has 1 fully saturated rings. The lowest BCUT2D eigenvalue weighted by molar-refractivity contribution is -0.155. The van der Waals surface area contributed by atoms with Crippen LogP contribution < -0.4 is 31.3 Å². The van der Waals surface area contributed by atoms with Crippen LogP contribution in [0.5, 0.6) is 5.88 Å². The van der Waals surface area contributed by atoms with Crippen LogP contribution in [0.3, 0.4) is 0 Å². The van der Waals surface area contributed by atoms with Gasteiger partial charge in [-0.2, -0.15) is 0 Å². The number of methoxy groups -OCH3 is 1. The predicted octanol–water partition coefficient (Wildman–Crippen LogP) is 3.03. The van der Waals surface area contributed by atoms with Gasteiger partial charge in [0.25, 0.3) is 0 Å². The van der Waals surface area contributed by atoms with E-state index in [-0.39, 0.29) is 0 Å². The van der Waals surface area contributed by atoms with Crippen molar-refractivity contribution in [1.82, 2.24) is 25.9 Å². The lowest BCUT2D eigenvalue weighted by Crippen LogP contribution is -2.71. The zero-order chi connectivity index (χ0) is 28.5.